The zero-order chi connectivity index (χ0) is 13.0. The van der Waals surface area contributed by atoms with Crippen molar-refractivity contribution in [2.75, 3.05) is 0 Å². The molecule has 4 heteroatoms. The highest BCUT2D eigenvalue weighted by Gasteiger charge is 2.32. The molecular formula is C14H22BrN3. The molecule has 1 saturated carbocycles. The molecule has 1 aliphatic rings. The summed E-state index contributed by atoms with van der Waals surface area (Å²) in [5, 5.41) is 0. The maximum atomic E-state index is 5.81. The first-order valence-corrected chi connectivity index (χ1v) is 7.63. The predicted octanol–water partition coefficient (Wildman–Crippen LogP) is 3.56. The first-order chi connectivity index (χ1) is 8.77. The summed E-state index contributed by atoms with van der Waals surface area (Å²) in [7, 11) is 0. The van der Waals surface area contributed by atoms with Gasteiger partial charge in [0.05, 0.1) is 11.7 Å². The van der Waals surface area contributed by atoms with Gasteiger partial charge in [0.1, 0.15) is 0 Å². The van der Waals surface area contributed by atoms with E-state index in [2.05, 4.69) is 33.3 Å². The number of hydrazine groups is 1. The van der Waals surface area contributed by atoms with Gasteiger partial charge in [-0.3, -0.25) is 16.3 Å². The first-order valence-electron chi connectivity index (χ1n) is 6.84. The molecule has 3 nitrogen and oxygen atoms in total. The maximum Gasteiger partial charge on any atom is 0.0731 e. The summed E-state index contributed by atoms with van der Waals surface area (Å²) in [5.41, 5.74) is 4.05. The minimum atomic E-state index is 0.158. The second-order valence-electron chi connectivity index (χ2n) is 5.13. The monoisotopic (exact) mass is 311 g/mol. The normalized spacial score (nSPS) is 25.9. The molecule has 1 heterocycles. The second kappa shape index (κ2) is 6.64. The quantitative estimate of drug-likeness (QED) is 0.660. The van der Waals surface area contributed by atoms with Crippen LogP contribution in [-0.4, -0.2) is 4.98 Å². The van der Waals surface area contributed by atoms with E-state index in [9.17, 15) is 0 Å². The molecule has 0 bridgehead atoms. The average molecular weight is 312 g/mol. The zero-order valence-electron chi connectivity index (χ0n) is 10.9. The molecule has 1 aromatic rings. The van der Waals surface area contributed by atoms with Crippen molar-refractivity contribution in [2.24, 2.45) is 17.7 Å². The SMILES string of the molecule is CCC1CCCCC1C(NN)c1ncccc1Br. The van der Waals surface area contributed by atoms with Gasteiger partial charge >= 0.3 is 0 Å². The van der Waals surface area contributed by atoms with Gasteiger partial charge in [0.25, 0.3) is 0 Å². The molecule has 2 rings (SSSR count). The number of nitrogens with one attached hydrogen (secondary N) is 1. The van der Waals surface area contributed by atoms with E-state index in [4.69, 9.17) is 5.84 Å². The van der Waals surface area contributed by atoms with Gasteiger partial charge in [-0.15, -0.1) is 0 Å². The number of nitrogens with zero attached hydrogens (tertiary/aromatic N) is 1. The fraction of sp³-hybridized carbons (Fsp3) is 0.643. The summed E-state index contributed by atoms with van der Waals surface area (Å²) in [5.74, 6) is 7.17. The molecule has 0 amide bonds. The van der Waals surface area contributed by atoms with Crippen LogP contribution < -0.4 is 11.3 Å². The van der Waals surface area contributed by atoms with E-state index in [1.807, 2.05) is 18.3 Å². The number of hydrogen-bond donors (Lipinski definition) is 2. The van der Waals surface area contributed by atoms with Crippen LogP contribution in [0.3, 0.4) is 0 Å². The Morgan fingerprint density at radius 3 is 2.94 bits per heavy atom. The van der Waals surface area contributed by atoms with E-state index in [0.29, 0.717) is 5.92 Å². The van der Waals surface area contributed by atoms with Gasteiger partial charge in [-0.25, -0.2) is 0 Å². The lowest BCUT2D eigenvalue weighted by Crippen LogP contribution is -2.38. The van der Waals surface area contributed by atoms with Crippen LogP contribution in [0.4, 0.5) is 0 Å². The van der Waals surface area contributed by atoms with Gasteiger partial charge in [-0.05, 0) is 46.3 Å². The van der Waals surface area contributed by atoms with E-state index in [1.165, 1.54) is 32.1 Å². The van der Waals surface area contributed by atoms with Crippen molar-refractivity contribution in [3.05, 3.63) is 28.5 Å². The molecule has 1 fully saturated rings. The van der Waals surface area contributed by atoms with Crippen molar-refractivity contribution < 1.29 is 0 Å². The number of halogens is 1. The smallest absolute Gasteiger partial charge is 0.0731 e. The number of rotatable bonds is 4. The third kappa shape index (κ3) is 2.92. The average Bonchev–Trinajstić information content (AvgIpc) is 2.42. The van der Waals surface area contributed by atoms with Gasteiger partial charge in [0.15, 0.2) is 0 Å². The number of aromatic nitrogens is 1. The molecule has 0 spiro atoms. The molecule has 3 N–H and O–H groups in total. The van der Waals surface area contributed by atoms with E-state index < -0.39 is 0 Å². The van der Waals surface area contributed by atoms with Gasteiger partial charge in [-0.1, -0.05) is 32.6 Å². The van der Waals surface area contributed by atoms with E-state index in [0.717, 1.165) is 16.1 Å². The lowest BCUT2D eigenvalue weighted by atomic mass is 9.73. The van der Waals surface area contributed by atoms with Crippen LogP contribution >= 0.6 is 15.9 Å². The topological polar surface area (TPSA) is 50.9 Å². The van der Waals surface area contributed by atoms with E-state index >= 15 is 0 Å². The van der Waals surface area contributed by atoms with Crippen LogP contribution in [0.15, 0.2) is 22.8 Å². The van der Waals surface area contributed by atoms with Crippen LogP contribution in [0.2, 0.25) is 0 Å². The van der Waals surface area contributed by atoms with Gasteiger partial charge in [0.2, 0.25) is 0 Å². The molecule has 1 aliphatic carbocycles. The van der Waals surface area contributed by atoms with Crippen LogP contribution in [0.25, 0.3) is 0 Å². The van der Waals surface area contributed by atoms with Crippen molar-refractivity contribution in [2.45, 2.75) is 45.1 Å². The van der Waals surface area contributed by atoms with Crippen LogP contribution in [-0.2, 0) is 0 Å². The van der Waals surface area contributed by atoms with Crippen LogP contribution in [0.5, 0.6) is 0 Å². The summed E-state index contributed by atoms with van der Waals surface area (Å²) < 4.78 is 1.05. The molecule has 3 unspecified atom stereocenters. The van der Waals surface area contributed by atoms with Crippen molar-refractivity contribution in [1.82, 2.24) is 10.4 Å². The molecule has 3 atom stereocenters. The molecule has 0 aliphatic heterocycles. The fourth-order valence-electron chi connectivity index (χ4n) is 3.21. The second-order valence-corrected chi connectivity index (χ2v) is 5.99. The Labute approximate surface area is 118 Å². The zero-order valence-corrected chi connectivity index (χ0v) is 12.5. The first kappa shape index (κ1) is 14.0. The van der Waals surface area contributed by atoms with E-state index in [-0.39, 0.29) is 6.04 Å². The lowest BCUT2D eigenvalue weighted by molar-refractivity contribution is 0.173. The van der Waals surface area contributed by atoms with Gasteiger partial charge in [-0.2, -0.15) is 0 Å². The third-order valence-corrected chi connectivity index (χ3v) is 4.85. The molecule has 0 saturated heterocycles. The Morgan fingerprint density at radius 1 is 1.50 bits per heavy atom. The Bertz CT molecular complexity index is 383. The predicted molar refractivity (Wildman–Crippen MR) is 77.7 cm³/mol. The summed E-state index contributed by atoms with van der Waals surface area (Å²) in [6.07, 6.45) is 8.31. The third-order valence-electron chi connectivity index (χ3n) is 4.18. The Hall–Kier alpha value is -0.450. The van der Waals surface area contributed by atoms with Crippen molar-refractivity contribution in [1.29, 1.82) is 0 Å². The van der Waals surface area contributed by atoms with Gasteiger partial charge in [0, 0.05) is 10.7 Å². The van der Waals surface area contributed by atoms with Gasteiger partial charge < -0.3 is 0 Å². The fourth-order valence-corrected chi connectivity index (χ4v) is 3.72. The molecule has 100 valence electrons. The maximum absolute atomic E-state index is 5.81. The number of pyridine rings is 1. The summed E-state index contributed by atoms with van der Waals surface area (Å²) >= 11 is 3.59. The van der Waals surface area contributed by atoms with Crippen molar-refractivity contribution in [3.63, 3.8) is 0 Å². The van der Waals surface area contributed by atoms with Crippen molar-refractivity contribution in [3.8, 4) is 0 Å². The molecule has 0 aromatic carbocycles. The minimum Gasteiger partial charge on any atom is -0.271 e. The molecule has 0 radical (unpaired) electrons. The molecule has 1 aromatic heterocycles. The number of hydrogen-bond acceptors (Lipinski definition) is 3. The van der Waals surface area contributed by atoms with Crippen LogP contribution in [0, 0.1) is 11.8 Å². The Kier molecular flexibility index (Phi) is 5.15. The molecular weight excluding hydrogens is 290 g/mol. The largest absolute Gasteiger partial charge is 0.271 e. The van der Waals surface area contributed by atoms with Crippen LogP contribution in [0.1, 0.15) is 50.8 Å². The Morgan fingerprint density at radius 2 is 2.28 bits per heavy atom. The molecule has 18 heavy (non-hydrogen) atoms. The highest BCUT2D eigenvalue weighted by molar-refractivity contribution is 9.10. The summed E-state index contributed by atoms with van der Waals surface area (Å²) in [6, 6.07) is 4.14. The summed E-state index contributed by atoms with van der Waals surface area (Å²) in [6.45, 7) is 2.28. The Balaban J connectivity index is 2.24. The number of nitrogens with two attached hydrogens (primary N) is 1. The highest BCUT2D eigenvalue weighted by Crippen LogP contribution is 2.40. The van der Waals surface area contributed by atoms with Crippen molar-refractivity contribution >= 4 is 15.9 Å². The highest BCUT2D eigenvalue weighted by atomic mass is 79.9. The summed E-state index contributed by atoms with van der Waals surface area (Å²) in [4.78, 5) is 4.50. The van der Waals surface area contributed by atoms with E-state index in [1.54, 1.807) is 0 Å². The standard InChI is InChI=1S/C14H22BrN3/c1-2-10-6-3-4-7-11(10)13(18-16)14-12(15)8-5-9-17-14/h5,8-11,13,18H,2-4,6-7,16H2,1H3. The minimum absolute atomic E-state index is 0.158. The lowest BCUT2D eigenvalue weighted by Gasteiger charge is -2.36.